The highest BCUT2D eigenvalue weighted by molar-refractivity contribution is 7.71. The molecule has 21 heavy (non-hydrogen) atoms. The third-order valence-electron chi connectivity index (χ3n) is 1.74. The number of carbonyl (C=O) groups is 1. The van der Waals surface area contributed by atoms with E-state index in [0.29, 0.717) is 6.42 Å². The zero-order valence-corrected chi connectivity index (χ0v) is 11.7. The molecule has 12 heteroatoms. The molecule has 0 amide bonds. The van der Waals surface area contributed by atoms with Gasteiger partial charge in [-0.3, -0.25) is 4.52 Å². The molecular weight excluding hydrogens is 333 g/mol. The average molecular weight is 346 g/mol. The molecule has 0 aliphatic rings. The molecule has 126 valence electrons. The fraction of sp³-hybridized carbons (Fsp3) is 0.889. The molecule has 0 aromatic rings. The van der Waals surface area contributed by atoms with Crippen LogP contribution >= 0.6 is 7.60 Å². The minimum absolute atomic E-state index is 0.214. The molecule has 0 heterocycles. The highest BCUT2D eigenvalue weighted by Gasteiger charge is 2.43. The van der Waals surface area contributed by atoms with E-state index in [1.165, 1.54) is 0 Å². The molecule has 0 aromatic heterocycles. The molecule has 0 saturated carbocycles. The number of halogens is 6. The number of alkyl halides is 6. The Balaban J connectivity index is 4.77. The lowest BCUT2D eigenvalue weighted by atomic mass is 10.4. The summed E-state index contributed by atoms with van der Waals surface area (Å²) in [5, 5.41) is 0. The molecule has 0 aliphatic carbocycles. The smallest absolute Gasteiger partial charge is 0.438 e. The SMILES string of the molecule is CCCCOP(=O)(OCC(F)(F)F)C(=O)OCC(F)(F)F. The second kappa shape index (κ2) is 8.00. The average Bonchev–Trinajstić information content (AvgIpc) is 2.32. The summed E-state index contributed by atoms with van der Waals surface area (Å²) in [6, 6.07) is 0. The summed E-state index contributed by atoms with van der Waals surface area (Å²) in [6.07, 6.45) is -9.16. The third kappa shape index (κ3) is 9.70. The van der Waals surface area contributed by atoms with E-state index >= 15 is 0 Å². The van der Waals surface area contributed by atoms with Crippen LogP contribution < -0.4 is 0 Å². The fourth-order valence-corrected chi connectivity index (χ4v) is 2.05. The van der Waals surface area contributed by atoms with Crippen LogP contribution in [0.4, 0.5) is 31.1 Å². The highest BCUT2D eigenvalue weighted by atomic mass is 31.2. The van der Waals surface area contributed by atoms with Crippen LogP contribution in [0, 0.1) is 0 Å². The first-order valence-corrected chi connectivity index (χ1v) is 7.14. The topological polar surface area (TPSA) is 61.8 Å². The Morgan fingerprint density at radius 1 is 1.00 bits per heavy atom. The molecule has 0 fully saturated rings. The lowest BCUT2D eigenvalue weighted by molar-refractivity contribution is -0.161. The van der Waals surface area contributed by atoms with Crippen LogP contribution in [0.15, 0.2) is 0 Å². The van der Waals surface area contributed by atoms with Crippen molar-refractivity contribution in [2.24, 2.45) is 0 Å². The van der Waals surface area contributed by atoms with Crippen molar-refractivity contribution in [3.63, 3.8) is 0 Å². The molecule has 0 aromatic carbocycles. The maximum absolute atomic E-state index is 12.0. The summed E-state index contributed by atoms with van der Waals surface area (Å²) in [7, 11) is -5.10. The normalized spacial score (nSPS) is 15.6. The van der Waals surface area contributed by atoms with Gasteiger partial charge in [0, 0.05) is 0 Å². The van der Waals surface area contributed by atoms with Crippen LogP contribution in [0.1, 0.15) is 19.8 Å². The molecular formula is C9H13F6O5P. The highest BCUT2D eigenvalue weighted by Crippen LogP contribution is 2.51. The van der Waals surface area contributed by atoms with Crippen molar-refractivity contribution in [2.75, 3.05) is 19.8 Å². The molecule has 0 saturated heterocycles. The maximum Gasteiger partial charge on any atom is 0.438 e. The summed E-state index contributed by atoms with van der Waals surface area (Å²) in [5.41, 5.74) is -2.11. The van der Waals surface area contributed by atoms with E-state index in [0.717, 1.165) is 0 Å². The van der Waals surface area contributed by atoms with Crippen molar-refractivity contribution in [3.05, 3.63) is 0 Å². The summed E-state index contributed by atoms with van der Waals surface area (Å²) < 4.78 is 95.1. The van der Waals surface area contributed by atoms with Gasteiger partial charge < -0.3 is 9.26 Å². The number of hydrogen-bond donors (Lipinski definition) is 0. The molecule has 0 N–H and O–H groups in total. The second-order valence-electron chi connectivity index (χ2n) is 3.74. The maximum atomic E-state index is 12.0. The summed E-state index contributed by atoms with van der Waals surface area (Å²) in [6.45, 7) is -2.99. The Labute approximate surface area is 116 Å². The number of unbranched alkanes of at least 4 members (excludes halogenated alkanes) is 1. The molecule has 0 aliphatic heterocycles. The van der Waals surface area contributed by atoms with Crippen LogP contribution in [0.2, 0.25) is 0 Å². The molecule has 0 bridgehead atoms. The Kier molecular flexibility index (Phi) is 7.69. The van der Waals surface area contributed by atoms with Crippen LogP contribution in [-0.2, 0) is 18.3 Å². The van der Waals surface area contributed by atoms with Crippen LogP contribution in [0.25, 0.3) is 0 Å². The molecule has 1 atom stereocenters. The standard InChI is InChI=1S/C9H13F6O5P/c1-2-3-4-19-21(17,20-6-9(13,14)15)7(16)18-5-8(10,11)12/h2-6H2,1H3. The van der Waals surface area contributed by atoms with E-state index in [2.05, 4.69) is 13.8 Å². The first kappa shape index (κ1) is 20.2. The second-order valence-corrected chi connectivity index (χ2v) is 5.62. The van der Waals surface area contributed by atoms with E-state index in [1.807, 2.05) is 0 Å². The van der Waals surface area contributed by atoms with Gasteiger partial charge in [0.25, 0.3) is 0 Å². The number of carbonyl (C=O) groups excluding carboxylic acids is 1. The van der Waals surface area contributed by atoms with Gasteiger partial charge in [-0.2, -0.15) is 26.3 Å². The lowest BCUT2D eigenvalue weighted by Crippen LogP contribution is -2.23. The molecule has 0 rings (SSSR count). The number of ether oxygens (including phenoxy) is 1. The van der Waals surface area contributed by atoms with Gasteiger partial charge in [-0.05, 0) is 6.42 Å². The number of hydrogen-bond acceptors (Lipinski definition) is 5. The van der Waals surface area contributed by atoms with E-state index < -0.39 is 45.5 Å². The van der Waals surface area contributed by atoms with Crippen molar-refractivity contribution in [2.45, 2.75) is 32.1 Å². The predicted octanol–water partition coefficient (Wildman–Crippen LogP) is 4.27. The fourth-order valence-electron chi connectivity index (χ4n) is 0.853. The largest absolute Gasteiger partial charge is 0.447 e. The third-order valence-corrected chi connectivity index (χ3v) is 3.31. The van der Waals surface area contributed by atoms with E-state index in [4.69, 9.17) is 0 Å². The van der Waals surface area contributed by atoms with Crippen LogP contribution in [-0.4, -0.2) is 37.9 Å². The quantitative estimate of drug-likeness (QED) is 0.373. The summed E-state index contributed by atoms with van der Waals surface area (Å²) in [5.74, 6) is 0. The minimum Gasteiger partial charge on any atom is -0.447 e. The van der Waals surface area contributed by atoms with Crippen molar-refractivity contribution in [1.29, 1.82) is 0 Å². The Morgan fingerprint density at radius 3 is 1.95 bits per heavy atom. The number of rotatable bonds is 8. The first-order chi connectivity index (χ1) is 9.40. The Bertz CT molecular complexity index is 380. The molecule has 0 spiro atoms. The zero-order valence-electron chi connectivity index (χ0n) is 10.8. The van der Waals surface area contributed by atoms with Gasteiger partial charge in [-0.1, -0.05) is 13.3 Å². The summed E-state index contributed by atoms with van der Waals surface area (Å²) in [4.78, 5) is 11.2. The Morgan fingerprint density at radius 2 is 1.52 bits per heavy atom. The molecule has 5 nitrogen and oxygen atoms in total. The van der Waals surface area contributed by atoms with Gasteiger partial charge in [0.05, 0.1) is 6.61 Å². The lowest BCUT2D eigenvalue weighted by Gasteiger charge is -2.18. The van der Waals surface area contributed by atoms with Gasteiger partial charge >= 0.3 is 25.7 Å². The van der Waals surface area contributed by atoms with Crippen molar-refractivity contribution in [1.82, 2.24) is 0 Å². The molecule has 0 radical (unpaired) electrons. The van der Waals surface area contributed by atoms with E-state index in [-0.39, 0.29) is 6.42 Å². The monoisotopic (exact) mass is 346 g/mol. The van der Waals surface area contributed by atoms with E-state index in [1.54, 1.807) is 6.92 Å². The molecule has 1 unspecified atom stereocenters. The van der Waals surface area contributed by atoms with Crippen molar-refractivity contribution < 1.29 is 49.5 Å². The minimum atomic E-state index is -5.10. The summed E-state index contributed by atoms with van der Waals surface area (Å²) >= 11 is 0. The van der Waals surface area contributed by atoms with Crippen LogP contribution in [0.5, 0.6) is 0 Å². The van der Waals surface area contributed by atoms with Crippen molar-refractivity contribution in [3.8, 4) is 0 Å². The zero-order chi connectivity index (χ0) is 16.7. The van der Waals surface area contributed by atoms with Gasteiger partial charge in [0.15, 0.2) is 13.2 Å². The van der Waals surface area contributed by atoms with Gasteiger partial charge in [-0.25, -0.2) is 9.36 Å². The van der Waals surface area contributed by atoms with Gasteiger partial charge in [0.1, 0.15) is 0 Å². The van der Waals surface area contributed by atoms with Gasteiger partial charge in [0.2, 0.25) is 0 Å². The Hall–Kier alpha value is -0.800. The van der Waals surface area contributed by atoms with Crippen LogP contribution in [0.3, 0.4) is 0 Å². The van der Waals surface area contributed by atoms with Gasteiger partial charge in [-0.15, -0.1) is 0 Å². The predicted molar refractivity (Wildman–Crippen MR) is 57.9 cm³/mol. The van der Waals surface area contributed by atoms with Crippen molar-refractivity contribution >= 4 is 13.3 Å². The first-order valence-electron chi connectivity index (χ1n) is 5.59. The van der Waals surface area contributed by atoms with E-state index in [9.17, 15) is 35.7 Å².